The van der Waals surface area contributed by atoms with Crippen LogP contribution in [0.4, 0.5) is 11.5 Å². The molecular weight excluding hydrogens is 356 g/mol. The lowest BCUT2D eigenvalue weighted by Crippen LogP contribution is -2.26. The molecule has 8 nitrogen and oxygen atoms in total. The maximum atomic E-state index is 9.34. The van der Waals surface area contributed by atoms with E-state index in [0.29, 0.717) is 24.9 Å². The smallest absolute Gasteiger partial charge is 0.319 e. The molecule has 2 rings (SSSR count). The first-order valence-corrected chi connectivity index (χ1v) is 9.65. The third-order valence-corrected chi connectivity index (χ3v) is 3.86. The fourth-order valence-corrected chi connectivity index (χ4v) is 2.56. The standard InChI is InChI=1S/C20H30N6O2/c1-4-11-26(12-5-2)19-14-17(23-20(24-19)28-13-10-21-3)15-22-25-16-6-8-18(27)9-7-16/h6-9,14-15,21,25,27H,4-5,10-13H2,1-3H3/b22-15+. The highest BCUT2D eigenvalue weighted by atomic mass is 16.5. The highest BCUT2D eigenvalue weighted by Crippen LogP contribution is 2.17. The molecule has 152 valence electrons. The Morgan fingerprint density at radius 2 is 1.86 bits per heavy atom. The minimum Gasteiger partial charge on any atom is -0.508 e. The molecule has 0 saturated carbocycles. The zero-order chi connectivity index (χ0) is 20.2. The molecule has 0 aliphatic heterocycles. The third kappa shape index (κ3) is 7.03. The summed E-state index contributed by atoms with van der Waals surface area (Å²) in [6, 6.07) is 8.95. The van der Waals surface area contributed by atoms with E-state index >= 15 is 0 Å². The van der Waals surface area contributed by atoms with Gasteiger partial charge >= 0.3 is 6.01 Å². The van der Waals surface area contributed by atoms with E-state index in [9.17, 15) is 5.11 Å². The Kier molecular flexibility index (Phi) is 9.00. The molecule has 28 heavy (non-hydrogen) atoms. The normalized spacial score (nSPS) is 11.0. The van der Waals surface area contributed by atoms with E-state index in [1.165, 1.54) is 0 Å². The molecule has 0 amide bonds. The van der Waals surface area contributed by atoms with Gasteiger partial charge in [0.15, 0.2) is 0 Å². The lowest BCUT2D eigenvalue weighted by atomic mass is 10.3. The molecule has 0 saturated heterocycles. The number of nitrogens with zero attached hydrogens (tertiary/aromatic N) is 4. The number of nitrogens with one attached hydrogen (secondary N) is 2. The first-order chi connectivity index (χ1) is 13.7. The largest absolute Gasteiger partial charge is 0.508 e. The lowest BCUT2D eigenvalue weighted by Gasteiger charge is -2.23. The van der Waals surface area contributed by atoms with Crippen molar-refractivity contribution in [3.05, 3.63) is 36.0 Å². The molecule has 0 aliphatic rings. The average Bonchev–Trinajstić information content (AvgIpc) is 2.69. The van der Waals surface area contributed by atoms with Crippen LogP contribution in [0, 0.1) is 0 Å². The van der Waals surface area contributed by atoms with Crippen LogP contribution in [0.15, 0.2) is 35.4 Å². The van der Waals surface area contributed by atoms with E-state index in [1.54, 1.807) is 30.5 Å². The number of anilines is 2. The number of likely N-dealkylation sites (N-methyl/N-ethyl adjacent to an activating group) is 1. The highest BCUT2D eigenvalue weighted by molar-refractivity contribution is 5.79. The molecule has 3 N–H and O–H groups in total. The summed E-state index contributed by atoms with van der Waals surface area (Å²) in [6.45, 7) is 7.35. The van der Waals surface area contributed by atoms with Crippen LogP contribution in [-0.4, -0.2) is 54.6 Å². The van der Waals surface area contributed by atoms with Gasteiger partial charge in [-0.25, -0.2) is 0 Å². The topological polar surface area (TPSA) is 94.9 Å². The van der Waals surface area contributed by atoms with Crippen LogP contribution in [0.1, 0.15) is 32.4 Å². The number of benzene rings is 1. The summed E-state index contributed by atoms with van der Waals surface area (Å²) >= 11 is 0. The molecule has 0 aliphatic carbocycles. The summed E-state index contributed by atoms with van der Waals surface area (Å²) in [5, 5.41) is 16.6. The fourth-order valence-electron chi connectivity index (χ4n) is 2.56. The van der Waals surface area contributed by atoms with E-state index in [0.717, 1.165) is 37.4 Å². The summed E-state index contributed by atoms with van der Waals surface area (Å²) in [7, 11) is 1.87. The lowest BCUT2D eigenvalue weighted by molar-refractivity contribution is 0.293. The van der Waals surface area contributed by atoms with Crippen LogP contribution in [-0.2, 0) is 0 Å². The van der Waals surface area contributed by atoms with Gasteiger partial charge in [0.25, 0.3) is 0 Å². The number of aromatic hydroxyl groups is 1. The molecule has 0 spiro atoms. The maximum Gasteiger partial charge on any atom is 0.319 e. The molecule has 2 aromatic rings. The summed E-state index contributed by atoms with van der Waals surface area (Å²) < 4.78 is 5.69. The van der Waals surface area contributed by atoms with Crippen molar-refractivity contribution in [3.63, 3.8) is 0 Å². The Hall–Kier alpha value is -2.87. The molecule has 1 aromatic carbocycles. The van der Waals surface area contributed by atoms with Crippen molar-refractivity contribution < 1.29 is 9.84 Å². The molecule has 8 heteroatoms. The number of hydrazone groups is 1. The van der Waals surface area contributed by atoms with Gasteiger partial charge < -0.3 is 20.1 Å². The summed E-state index contributed by atoms with van der Waals surface area (Å²) in [4.78, 5) is 11.2. The Labute approximate surface area is 166 Å². The van der Waals surface area contributed by atoms with Gasteiger partial charge in [0, 0.05) is 25.7 Å². The number of ether oxygens (including phenoxy) is 1. The minimum absolute atomic E-state index is 0.213. The molecule has 0 atom stereocenters. The van der Waals surface area contributed by atoms with Crippen LogP contribution in [0.2, 0.25) is 0 Å². The summed E-state index contributed by atoms with van der Waals surface area (Å²) in [6.07, 6.45) is 3.70. The van der Waals surface area contributed by atoms with Gasteiger partial charge in [-0.2, -0.15) is 15.1 Å². The van der Waals surface area contributed by atoms with Gasteiger partial charge in [0.1, 0.15) is 18.2 Å². The average molecular weight is 387 g/mol. The zero-order valence-corrected chi connectivity index (χ0v) is 16.9. The van der Waals surface area contributed by atoms with Crippen LogP contribution >= 0.6 is 0 Å². The molecule has 0 bridgehead atoms. The first kappa shape index (κ1) is 21.4. The minimum atomic E-state index is 0.213. The molecule has 0 radical (unpaired) electrons. The second-order valence-corrected chi connectivity index (χ2v) is 6.29. The number of phenolic OH excluding ortho intramolecular Hbond substituents is 1. The van der Waals surface area contributed by atoms with Crippen molar-refractivity contribution in [2.75, 3.05) is 43.6 Å². The number of rotatable bonds is 12. The quantitative estimate of drug-likeness (QED) is 0.223. The van der Waals surface area contributed by atoms with E-state index in [1.807, 2.05) is 13.1 Å². The summed E-state index contributed by atoms with van der Waals surface area (Å²) in [5.41, 5.74) is 4.36. The van der Waals surface area contributed by atoms with E-state index < -0.39 is 0 Å². The van der Waals surface area contributed by atoms with E-state index in [4.69, 9.17) is 4.74 Å². The third-order valence-electron chi connectivity index (χ3n) is 3.86. The van der Waals surface area contributed by atoms with Gasteiger partial charge in [-0.15, -0.1) is 0 Å². The Morgan fingerprint density at radius 1 is 1.14 bits per heavy atom. The predicted molar refractivity (Wildman–Crippen MR) is 114 cm³/mol. The van der Waals surface area contributed by atoms with Crippen LogP contribution in [0.25, 0.3) is 0 Å². The second kappa shape index (κ2) is 11.8. The van der Waals surface area contributed by atoms with Gasteiger partial charge in [-0.3, -0.25) is 5.43 Å². The summed E-state index contributed by atoms with van der Waals surface area (Å²) in [5.74, 6) is 1.05. The molecule has 0 unspecified atom stereocenters. The number of hydrogen-bond donors (Lipinski definition) is 3. The fraction of sp³-hybridized carbons (Fsp3) is 0.450. The zero-order valence-electron chi connectivity index (χ0n) is 16.9. The number of phenols is 1. The van der Waals surface area contributed by atoms with Gasteiger partial charge in [0.05, 0.1) is 17.6 Å². The molecule has 1 aromatic heterocycles. The van der Waals surface area contributed by atoms with Crippen molar-refractivity contribution in [2.45, 2.75) is 26.7 Å². The van der Waals surface area contributed by atoms with E-state index in [-0.39, 0.29) is 5.75 Å². The van der Waals surface area contributed by atoms with Crippen molar-refractivity contribution >= 4 is 17.7 Å². The maximum absolute atomic E-state index is 9.34. The first-order valence-electron chi connectivity index (χ1n) is 9.65. The van der Waals surface area contributed by atoms with Crippen LogP contribution in [0.5, 0.6) is 11.8 Å². The molecule has 1 heterocycles. The number of aromatic nitrogens is 2. The SMILES string of the molecule is CCCN(CCC)c1cc(/C=N/Nc2ccc(O)cc2)nc(OCCNC)n1. The van der Waals surface area contributed by atoms with Gasteiger partial charge in [0.2, 0.25) is 0 Å². The van der Waals surface area contributed by atoms with E-state index in [2.05, 4.69) is 44.6 Å². The van der Waals surface area contributed by atoms with Gasteiger partial charge in [-0.1, -0.05) is 13.8 Å². The van der Waals surface area contributed by atoms with Crippen LogP contribution < -0.4 is 20.4 Å². The molecule has 0 fully saturated rings. The Balaban J connectivity index is 2.19. The monoisotopic (exact) mass is 386 g/mol. The predicted octanol–water partition coefficient (Wildman–Crippen LogP) is 2.85. The van der Waals surface area contributed by atoms with Crippen molar-refractivity contribution in [1.82, 2.24) is 15.3 Å². The highest BCUT2D eigenvalue weighted by Gasteiger charge is 2.11. The van der Waals surface area contributed by atoms with Crippen molar-refractivity contribution in [1.29, 1.82) is 0 Å². The molecular formula is C20H30N6O2. The van der Waals surface area contributed by atoms with Crippen LogP contribution in [0.3, 0.4) is 0 Å². The van der Waals surface area contributed by atoms with Crippen molar-refractivity contribution in [2.24, 2.45) is 5.10 Å². The Bertz CT molecular complexity index is 730. The number of hydrogen-bond acceptors (Lipinski definition) is 8. The Morgan fingerprint density at radius 3 is 2.50 bits per heavy atom. The van der Waals surface area contributed by atoms with Crippen molar-refractivity contribution in [3.8, 4) is 11.8 Å². The second-order valence-electron chi connectivity index (χ2n) is 6.29. The van der Waals surface area contributed by atoms with Gasteiger partial charge in [-0.05, 0) is 44.2 Å².